The molecule has 3 aromatic carbocycles. The number of hydrogen-bond acceptors (Lipinski definition) is 7. The molecule has 8 nitrogen and oxygen atoms in total. The number of carbonyl (C=O) groups excluding carboxylic acids is 2. The number of nitrogens with zero attached hydrogens (tertiary/aromatic N) is 2. The van der Waals surface area contributed by atoms with Crippen LogP contribution in [0.2, 0.25) is 5.02 Å². The summed E-state index contributed by atoms with van der Waals surface area (Å²) >= 11 is 5.89. The van der Waals surface area contributed by atoms with Crippen LogP contribution in [-0.4, -0.2) is 22.8 Å². The Kier molecular flexibility index (Phi) is 6.61. The van der Waals surface area contributed by atoms with Gasteiger partial charge in [0.15, 0.2) is 5.70 Å². The maximum atomic E-state index is 12.3. The maximum absolute atomic E-state index is 12.3. The first-order chi connectivity index (χ1) is 16.4. The van der Waals surface area contributed by atoms with Gasteiger partial charge >= 0.3 is 11.9 Å². The highest BCUT2D eigenvalue weighted by Gasteiger charge is 2.24. The summed E-state index contributed by atoms with van der Waals surface area (Å²) in [6.07, 6.45) is 4.14. The summed E-state index contributed by atoms with van der Waals surface area (Å²) in [6, 6.07) is 19.0. The van der Waals surface area contributed by atoms with Gasteiger partial charge in [-0.3, -0.25) is 10.1 Å². The molecule has 0 radical (unpaired) electrons. The van der Waals surface area contributed by atoms with Crippen LogP contribution in [0, 0.1) is 10.1 Å². The lowest BCUT2D eigenvalue weighted by Gasteiger charge is -2.05. The van der Waals surface area contributed by atoms with Crippen molar-refractivity contribution >= 4 is 47.3 Å². The summed E-state index contributed by atoms with van der Waals surface area (Å²) < 4.78 is 10.6. The molecule has 0 saturated carbocycles. The molecule has 0 fully saturated rings. The number of carbonyl (C=O) groups is 2. The van der Waals surface area contributed by atoms with E-state index in [9.17, 15) is 19.7 Å². The van der Waals surface area contributed by atoms with Crippen LogP contribution in [0.1, 0.15) is 16.7 Å². The van der Waals surface area contributed by atoms with E-state index in [1.807, 2.05) is 0 Å². The molecule has 9 heteroatoms. The molecule has 3 aromatic rings. The standard InChI is InChI=1S/C25H15ClN2O6/c26-19-10-8-17(9-11-19)24-27-21(25(30)34-24)15-18-3-1-2-4-22(18)33-23(29)14-7-16-5-12-20(13-6-16)28(31)32/h1-15H/b14-7+,21-15-. The van der Waals surface area contributed by atoms with E-state index in [1.54, 1.807) is 48.5 Å². The fourth-order valence-electron chi connectivity index (χ4n) is 2.98. The Hall–Kier alpha value is -4.56. The number of non-ortho nitro benzene ring substituents is 1. The van der Waals surface area contributed by atoms with Gasteiger partial charge in [-0.25, -0.2) is 14.6 Å². The average molecular weight is 475 g/mol. The van der Waals surface area contributed by atoms with Crippen molar-refractivity contribution in [2.45, 2.75) is 0 Å². The highest BCUT2D eigenvalue weighted by Crippen LogP contribution is 2.25. The number of rotatable bonds is 6. The van der Waals surface area contributed by atoms with Gasteiger partial charge in [0.25, 0.3) is 5.69 Å². The van der Waals surface area contributed by atoms with Crippen molar-refractivity contribution in [1.82, 2.24) is 0 Å². The van der Waals surface area contributed by atoms with Gasteiger partial charge in [-0.15, -0.1) is 0 Å². The fourth-order valence-corrected chi connectivity index (χ4v) is 3.10. The van der Waals surface area contributed by atoms with E-state index in [1.165, 1.54) is 42.5 Å². The number of hydrogen-bond donors (Lipinski definition) is 0. The molecule has 1 heterocycles. The number of esters is 2. The van der Waals surface area contributed by atoms with Gasteiger partial charge < -0.3 is 9.47 Å². The van der Waals surface area contributed by atoms with Crippen LogP contribution >= 0.6 is 11.6 Å². The number of nitro groups is 1. The van der Waals surface area contributed by atoms with Gasteiger partial charge in [0.05, 0.1) is 4.92 Å². The smallest absolute Gasteiger partial charge is 0.363 e. The lowest BCUT2D eigenvalue weighted by Crippen LogP contribution is -2.06. The molecule has 0 N–H and O–H groups in total. The SMILES string of the molecule is O=C(/C=C/c1ccc([N+](=O)[O-])cc1)Oc1ccccc1/C=C1\N=C(c2ccc(Cl)cc2)OC1=O. The Bertz CT molecular complexity index is 1360. The third-order valence-corrected chi connectivity index (χ3v) is 4.90. The van der Waals surface area contributed by atoms with Crippen LogP contribution in [0.5, 0.6) is 5.75 Å². The maximum Gasteiger partial charge on any atom is 0.363 e. The zero-order valence-corrected chi connectivity index (χ0v) is 18.1. The van der Waals surface area contributed by atoms with E-state index < -0.39 is 16.9 Å². The lowest BCUT2D eigenvalue weighted by atomic mass is 10.1. The second kappa shape index (κ2) is 9.93. The molecule has 0 bridgehead atoms. The zero-order chi connectivity index (χ0) is 24.1. The Balaban J connectivity index is 1.51. The first kappa shape index (κ1) is 22.6. The number of ether oxygens (including phenoxy) is 2. The largest absolute Gasteiger partial charge is 0.423 e. The zero-order valence-electron chi connectivity index (χ0n) is 17.4. The summed E-state index contributed by atoms with van der Waals surface area (Å²) in [6.45, 7) is 0. The third kappa shape index (κ3) is 5.43. The topological polar surface area (TPSA) is 108 Å². The molecule has 0 aliphatic carbocycles. The molecular formula is C25H15ClN2O6. The Morgan fingerprint density at radius 3 is 2.44 bits per heavy atom. The molecule has 0 aromatic heterocycles. The Morgan fingerprint density at radius 2 is 1.74 bits per heavy atom. The van der Waals surface area contributed by atoms with Crippen molar-refractivity contribution in [1.29, 1.82) is 0 Å². The summed E-state index contributed by atoms with van der Waals surface area (Å²) in [4.78, 5) is 39.1. The second-order valence-corrected chi connectivity index (χ2v) is 7.42. The summed E-state index contributed by atoms with van der Waals surface area (Å²) in [5, 5.41) is 11.3. The van der Waals surface area contributed by atoms with Crippen molar-refractivity contribution in [3.05, 3.63) is 116 Å². The van der Waals surface area contributed by atoms with E-state index >= 15 is 0 Å². The van der Waals surface area contributed by atoms with E-state index in [4.69, 9.17) is 21.1 Å². The molecule has 1 aliphatic rings. The molecule has 0 spiro atoms. The number of para-hydroxylation sites is 1. The highest BCUT2D eigenvalue weighted by molar-refractivity contribution is 6.30. The number of cyclic esters (lactones) is 1. The summed E-state index contributed by atoms with van der Waals surface area (Å²) in [7, 11) is 0. The quantitative estimate of drug-likeness (QED) is 0.159. The third-order valence-electron chi connectivity index (χ3n) is 4.65. The van der Waals surface area contributed by atoms with Gasteiger partial charge in [-0.1, -0.05) is 29.8 Å². The lowest BCUT2D eigenvalue weighted by molar-refractivity contribution is -0.384. The van der Waals surface area contributed by atoms with E-state index in [0.29, 0.717) is 21.7 Å². The van der Waals surface area contributed by atoms with Gasteiger partial charge in [0, 0.05) is 34.4 Å². The molecule has 0 atom stereocenters. The Labute approximate surface area is 198 Å². The minimum absolute atomic E-state index is 0.0472. The van der Waals surface area contributed by atoms with Crippen molar-refractivity contribution in [2.75, 3.05) is 0 Å². The number of benzene rings is 3. The van der Waals surface area contributed by atoms with Crippen molar-refractivity contribution in [3.8, 4) is 5.75 Å². The molecule has 34 heavy (non-hydrogen) atoms. The van der Waals surface area contributed by atoms with Gasteiger partial charge in [-0.05, 0) is 60.2 Å². The van der Waals surface area contributed by atoms with Crippen molar-refractivity contribution in [3.63, 3.8) is 0 Å². The van der Waals surface area contributed by atoms with E-state index in [2.05, 4.69) is 4.99 Å². The summed E-state index contributed by atoms with van der Waals surface area (Å²) in [5.41, 5.74) is 1.64. The van der Waals surface area contributed by atoms with Gasteiger partial charge in [0.1, 0.15) is 5.75 Å². The van der Waals surface area contributed by atoms with Crippen molar-refractivity contribution in [2.24, 2.45) is 4.99 Å². The molecule has 0 unspecified atom stereocenters. The van der Waals surface area contributed by atoms with Crippen LogP contribution < -0.4 is 4.74 Å². The molecule has 0 saturated heterocycles. The van der Waals surface area contributed by atoms with Gasteiger partial charge in [-0.2, -0.15) is 0 Å². The number of nitro benzene ring substituents is 1. The molecular weight excluding hydrogens is 460 g/mol. The first-order valence-electron chi connectivity index (χ1n) is 9.91. The molecule has 1 aliphatic heterocycles. The van der Waals surface area contributed by atoms with Crippen LogP contribution in [0.15, 0.2) is 89.6 Å². The molecule has 4 rings (SSSR count). The summed E-state index contributed by atoms with van der Waals surface area (Å²) in [5.74, 6) is -0.933. The van der Waals surface area contributed by atoms with Crippen LogP contribution in [0.4, 0.5) is 5.69 Å². The molecule has 168 valence electrons. The second-order valence-electron chi connectivity index (χ2n) is 6.98. The normalized spacial score (nSPS) is 14.2. The average Bonchev–Trinajstić information content (AvgIpc) is 3.19. The van der Waals surface area contributed by atoms with Gasteiger partial charge in [0.2, 0.25) is 5.90 Å². The predicted molar refractivity (Wildman–Crippen MR) is 126 cm³/mol. The fraction of sp³-hybridized carbons (Fsp3) is 0. The highest BCUT2D eigenvalue weighted by atomic mass is 35.5. The molecule has 0 amide bonds. The minimum atomic E-state index is -0.663. The van der Waals surface area contributed by atoms with Crippen LogP contribution in [0.3, 0.4) is 0 Å². The van der Waals surface area contributed by atoms with Crippen LogP contribution in [0.25, 0.3) is 12.2 Å². The Morgan fingerprint density at radius 1 is 1.03 bits per heavy atom. The minimum Gasteiger partial charge on any atom is -0.423 e. The number of halogens is 1. The van der Waals surface area contributed by atoms with Crippen molar-refractivity contribution < 1.29 is 24.0 Å². The first-order valence-corrected chi connectivity index (χ1v) is 10.3. The van der Waals surface area contributed by atoms with Crippen LogP contribution in [-0.2, 0) is 14.3 Å². The van der Waals surface area contributed by atoms with E-state index in [0.717, 1.165) is 0 Å². The van der Waals surface area contributed by atoms with E-state index in [-0.39, 0.29) is 23.0 Å². The predicted octanol–water partition coefficient (Wildman–Crippen LogP) is 5.21. The number of aliphatic imine (C=N–C) groups is 1. The monoisotopic (exact) mass is 474 g/mol.